The number of fused-ring (bicyclic) bond motifs is 1. The van der Waals surface area contributed by atoms with Crippen molar-refractivity contribution in [2.75, 3.05) is 0 Å². The van der Waals surface area contributed by atoms with Crippen LogP contribution in [-0.2, 0) is 0 Å². The second-order valence-corrected chi connectivity index (χ2v) is 4.39. The number of aromatic nitrogens is 2. The van der Waals surface area contributed by atoms with Gasteiger partial charge in [0.05, 0.1) is 11.0 Å². The lowest BCUT2D eigenvalue weighted by molar-refractivity contribution is 0.103. The van der Waals surface area contributed by atoms with Gasteiger partial charge in [0.2, 0.25) is 0 Å². The van der Waals surface area contributed by atoms with Crippen molar-refractivity contribution in [3.8, 4) is 0 Å². The fourth-order valence-electron chi connectivity index (χ4n) is 2.05. The smallest absolute Gasteiger partial charge is 0.193 e. The summed E-state index contributed by atoms with van der Waals surface area (Å²) < 4.78 is 12.8. The average Bonchev–Trinajstić information content (AvgIpc) is 2.77. The van der Waals surface area contributed by atoms with E-state index in [1.807, 2.05) is 6.92 Å². The first-order valence-corrected chi connectivity index (χ1v) is 5.90. The van der Waals surface area contributed by atoms with E-state index in [4.69, 9.17) is 0 Å². The summed E-state index contributed by atoms with van der Waals surface area (Å²) in [6, 6.07) is 10.8. The molecule has 1 heterocycles. The lowest BCUT2D eigenvalue weighted by Gasteiger charge is -2.01. The number of nitrogens with one attached hydrogen (secondary N) is 1. The van der Waals surface area contributed by atoms with E-state index in [-0.39, 0.29) is 11.6 Å². The Morgan fingerprint density at radius 1 is 1.11 bits per heavy atom. The van der Waals surface area contributed by atoms with Crippen molar-refractivity contribution in [2.24, 2.45) is 0 Å². The van der Waals surface area contributed by atoms with Crippen molar-refractivity contribution in [3.05, 3.63) is 65.2 Å². The normalized spacial score (nSPS) is 10.8. The minimum absolute atomic E-state index is 0.130. The summed E-state index contributed by atoms with van der Waals surface area (Å²) in [5.41, 5.74) is 2.68. The Morgan fingerprint density at radius 3 is 2.53 bits per heavy atom. The average molecular weight is 254 g/mol. The molecule has 2 aromatic carbocycles. The third-order valence-electron chi connectivity index (χ3n) is 2.97. The number of carbonyl (C=O) groups is 1. The fourth-order valence-corrected chi connectivity index (χ4v) is 2.05. The minimum Gasteiger partial charge on any atom is -0.342 e. The van der Waals surface area contributed by atoms with E-state index in [0.717, 1.165) is 16.9 Å². The summed E-state index contributed by atoms with van der Waals surface area (Å²) in [5, 5.41) is 0. The molecular weight excluding hydrogens is 243 g/mol. The molecule has 0 bridgehead atoms. The van der Waals surface area contributed by atoms with Gasteiger partial charge in [-0.2, -0.15) is 0 Å². The summed E-state index contributed by atoms with van der Waals surface area (Å²) in [7, 11) is 0. The van der Waals surface area contributed by atoms with Gasteiger partial charge in [0.25, 0.3) is 0 Å². The number of ketones is 1. The van der Waals surface area contributed by atoms with Crippen molar-refractivity contribution < 1.29 is 9.18 Å². The molecule has 3 aromatic rings. The van der Waals surface area contributed by atoms with Gasteiger partial charge < -0.3 is 4.98 Å². The number of hydrogen-bond acceptors (Lipinski definition) is 2. The first-order valence-electron chi connectivity index (χ1n) is 5.90. The third-order valence-corrected chi connectivity index (χ3v) is 2.97. The number of benzene rings is 2. The van der Waals surface area contributed by atoms with Crippen molar-refractivity contribution in [1.29, 1.82) is 0 Å². The summed E-state index contributed by atoms with van der Waals surface area (Å²) in [5.74, 6) is 0.326. The largest absolute Gasteiger partial charge is 0.342 e. The van der Waals surface area contributed by atoms with E-state index in [1.54, 1.807) is 18.2 Å². The van der Waals surface area contributed by atoms with Gasteiger partial charge in [0, 0.05) is 11.1 Å². The molecule has 0 spiro atoms. The zero-order valence-corrected chi connectivity index (χ0v) is 10.3. The first kappa shape index (κ1) is 11.6. The quantitative estimate of drug-likeness (QED) is 0.713. The third kappa shape index (κ3) is 2.12. The Kier molecular flexibility index (Phi) is 2.63. The lowest BCUT2D eigenvalue weighted by atomic mass is 10.0. The highest BCUT2D eigenvalue weighted by molar-refractivity contribution is 6.10. The summed E-state index contributed by atoms with van der Waals surface area (Å²) in [6.45, 7) is 1.86. The van der Waals surface area contributed by atoms with Crippen LogP contribution in [0.4, 0.5) is 4.39 Å². The topological polar surface area (TPSA) is 45.8 Å². The van der Waals surface area contributed by atoms with Crippen molar-refractivity contribution >= 4 is 16.8 Å². The SMILES string of the molecule is Cc1nc2ccc(C(=O)c3ccc(F)cc3)cc2[nH]1. The Hall–Kier alpha value is -2.49. The lowest BCUT2D eigenvalue weighted by Crippen LogP contribution is -2.01. The minimum atomic E-state index is -0.351. The molecule has 3 nitrogen and oxygen atoms in total. The number of aryl methyl sites for hydroxylation is 1. The van der Waals surface area contributed by atoms with Crippen molar-refractivity contribution in [1.82, 2.24) is 9.97 Å². The molecule has 94 valence electrons. The van der Waals surface area contributed by atoms with Gasteiger partial charge >= 0.3 is 0 Å². The molecule has 0 atom stereocenters. The van der Waals surface area contributed by atoms with Crippen LogP contribution in [-0.4, -0.2) is 15.8 Å². The zero-order valence-electron chi connectivity index (χ0n) is 10.3. The molecule has 19 heavy (non-hydrogen) atoms. The van der Waals surface area contributed by atoms with Gasteiger partial charge in [-0.15, -0.1) is 0 Å². The summed E-state index contributed by atoms with van der Waals surface area (Å²) >= 11 is 0. The van der Waals surface area contributed by atoms with E-state index >= 15 is 0 Å². The summed E-state index contributed by atoms with van der Waals surface area (Å²) in [6.07, 6.45) is 0. The number of halogens is 1. The Balaban J connectivity index is 2.03. The van der Waals surface area contributed by atoms with E-state index in [0.29, 0.717) is 11.1 Å². The molecule has 0 aliphatic carbocycles. The van der Waals surface area contributed by atoms with Gasteiger partial charge in [-0.1, -0.05) is 0 Å². The van der Waals surface area contributed by atoms with Crippen LogP contribution >= 0.6 is 0 Å². The highest BCUT2D eigenvalue weighted by Gasteiger charge is 2.10. The highest BCUT2D eigenvalue weighted by Crippen LogP contribution is 2.17. The highest BCUT2D eigenvalue weighted by atomic mass is 19.1. The molecule has 0 saturated carbocycles. The van der Waals surface area contributed by atoms with Crippen LogP contribution in [0.3, 0.4) is 0 Å². The zero-order chi connectivity index (χ0) is 13.4. The second-order valence-electron chi connectivity index (χ2n) is 4.39. The predicted molar refractivity (Wildman–Crippen MR) is 70.7 cm³/mol. The molecule has 1 aromatic heterocycles. The Morgan fingerprint density at radius 2 is 1.79 bits per heavy atom. The number of nitrogens with zero attached hydrogens (tertiary/aromatic N) is 1. The van der Waals surface area contributed by atoms with Crippen LogP contribution < -0.4 is 0 Å². The van der Waals surface area contributed by atoms with Crippen LogP contribution in [0, 0.1) is 12.7 Å². The second kappa shape index (κ2) is 4.31. The fraction of sp³-hybridized carbons (Fsp3) is 0.0667. The first-order chi connectivity index (χ1) is 9.13. The molecule has 0 unspecified atom stereocenters. The van der Waals surface area contributed by atoms with Crippen LogP contribution in [0.5, 0.6) is 0 Å². The van der Waals surface area contributed by atoms with Crippen LogP contribution in [0.15, 0.2) is 42.5 Å². The number of rotatable bonds is 2. The van der Waals surface area contributed by atoms with E-state index in [2.05, 4.69) is 9.97 Å². The van der Waals surface area contributed by atoms with E-state index in [9.17, 15) is 9.18 Å². The number of hydrogen-bond donors (Lipinski definition) is 1. The molecule has 4 heteroatoms. The van der Waals surface area contributed by atoms with Gasteiger partial charge in [-0.3, -0.25) is 4.79 Å². The molecule has 3 rings (SSSR count). The van der Waals surface area contributed by atoms with Gasteiger partial charge in [-0.05, 0) is 49.4 Å². The van der Waals surface area contributed by atoms with Crippen LogP contribution in [0.2, 0.25) is 0 Å². The monoisotopic (exact) mass is 254 g/mol. The summed E-state index contributed by atoms with van der Waals surface area (Å²) in [4.78, 5) is 19.6. The molecule has 0 radical (unpaired) electrons. The number of imidazole rings is 1. The molecule has 0 fully saturated rings. The van der Waals surface area contributed by atoms with Gasteiger partial charge in [-0.25, -0.2) is 9.37 Å². The van der Waals surface area contributed by atoms with Crippen LogP contribution in [0.25, 0.3) is 11.0 Å². The maximum Gasteiger partial charge on any atom is 0.193 e. The Bertz CT molecular complexity index is 759. The van der Waals surface area contributed by atoms with Gasteiger partial charge in [0.1, 0.15) is 11.6 Å². The van der Waals surface area contributed by atoms with Crippen LogP contribution in [0.1, 0.15) is 21.7 Å². The van der Waals surface area contributed by atoms with Gasteiger partial charge in [0.15, 0.2) is 5.78 Å². The maximum atomic E-state index is 12.8. The maximum absolute atomic E-state index is 12.8. The molecule has 1 N–H and O–H groups in total. The number of carbonyl (C=O) groups excluding carboxylic acids is 1. The molecular formula is C15H11FN2O. The van der Waals surface area contributed by atoms with E-state index in [1.165, 1.54) is 24.3 Å². The van der Waals surface area contributed by atoms with Crippen molar-refractivity contribution in [2.45, 2.75) is 6.92 Å². The number of aromatic amines is 1. The molecule has 0 saturated heterocycles. The van der Waals surface area contributed by atoms with Crippen molar-refractivity contribution in [3.63, 3.8) is 0 Å². The predicted octanol–water partition coefficient (Wildman–Crippen LogP) is 3.24. The molecule has 0 aliphatic heterocycles. The molecule has 0 aliphatic rings. The molecule has 0 amide bonds. The van der Waals surface area contributed by atoms with E-state index < -0.39 is 0 Å². The standard InChI is InChI=1S/C15H11FN2O/c1-9-17-13-7-4-11(8-14(13)18-9)15(19)10-2-5-12(16)6-3-10/h2-8H,1H3,(H,17,18). The Labute approximate surface area is 109 Å². The number of H-pyrrole nitrogens is 1.